The van der Waals surface area contributed by atoms with Gasteiger partial charge in [0.1, 0.15) is 0 Å². The third-order valence-corrected chi connectivity index (χ3v) is 3.15. The van der Waals surface area contributed by atoms with Crippen molar-refractivity contribution < 1.29 is 4.79 Å². The fourth-order valence-corrected chi connectivity index (χ4v) is 2.20. The number of hydrogen-bond donors (Lipinski definition) is 1. The lowest BCUT2D eigenvalue weighted by Crippen LogP contribution is -2.11. The van der Waals surface area contributed by atoms with Crippen LogP contribution in [0.25, 0.3) is 0 Å². The Labute approximate surface area is 110 Å². The van der Waals surface area contributed by atoms with Crippen LogP contribution in [0, 0.1) is 0 Å². The molecule has 94 valence electrons. The van der Waals surface area contributed by atoms with Gasteiger partial charge >= 0.3 is 0 Å². The Kier molecular flexibility index (Phi) is 4.35. The highest BCUT2D eigenvalue weighted by Gasteiger charge is 2.04. The van der Waals surface area contributed by atoms with Crippen LogP contribution in [0.15, 0.2) is 41.8 Å². The lowest BCUT2D eigenvalue weighted by Gasteiger charge is -2.02. The SMILES string of the molecule is Cn1cc(NC(=O)CCSc2ccccn2)cn1. The van der Waals surface area contributed by atoms with Crippen molar-refractivity contribution in [3.05, 3.63) is 36.8 Å². The maximum atomic E-state index is 11.6. The van der Waals surface area contributed by atoms with Crippen LogP contribution in [0.3, 0.4) is 0 Å². The summed E-state index contributed by atoms with van der Waals surface area (Å²) >= 11 is 1.57. The van der Waals surface area contributed by atoms with E-state index in [2.05, 4.69) is 15.4 Å². The van der Waals surface area contributed by atoms with Gasteiger partial charge in [0, 0.05) is 31.6 Å². The summed E-state index contributed by atoms with van der Waals surface area (Å²) in [6.07, 6.45) is 5.60. The van der Waals surface area contributed by atoms with Gasteiger partial charge in [0.05, 0.1) is 16.9 Å². The maximum Gasteiger partial charge on any atom is 0.225 e. The zero-order valence-corrected chi connectivity index (χ0v) is 10.9. The summed E-state index contributed by atoms with van der Waals surface area (Å²) in [6.45, 7) is 0. The topological polar surface area (TPSA) is 59.8 Å². The Morgan fingerprint density at radius 3 is 3.06 bits per heavy atom. The van der Waals surface area contributed by atoms with E-state index in [9.17, 15) is 4.79 Å². The van der Waals surface area contributed by atoms with Crippen molar-refractivity contribution in [2.75, 3.05) is 11.1 Å². The number of pyridine rings is 1. The molecule has 18 heavy (non-hydrogen) atoms. The largest absolute Gasteiger partial charge is 0.323 e. The molecule has 0 bridgehead atoms. The number of aryl methyl sites for hydroxylation is 1. The molecular weight excluding hydrogens is 248 g/mol. The summed E-state index contributed by atoms with van der Waals surface area (Å²) < 4.78 is 1.65. The number of anilines is 1. The zero-order chi connectivity index (χ0) is 12.8. The molecule has 0 aliphatic rings. The van der Waals surface area contributed by atoms with Crippen molar-refractivity contribution >= 4 is 23.4 Å². The Morgan fingerprint density at radius 2 is 2.39 bits per heavy atom. The minimum absolute atomic E-state index is 0.00793. The molecule has 0 atom stereocenters. The maximum absolute atomic E-state index is 11.6. The number of hydrogen-bond acceptors (Lipinski definition) is 4. The first-order valence-corrected chi connectivity index (χ1v) is 6.55. The molecule has 0 radical (unpaired) electrons. The molecule has 2 aromatic heterocycles. The van der Waals surface area contributed by atoms with Crippen LogP contribution in [0.2, 0.25) is 0 Å². The summed E-state index contributed by atoms with van der Waals surface area (Å²) in [5, 5.41) is 7.71. The van der Waals surface area contributed by atoms with Crippen LogP contribution in [0.5, 0.6) is 0 Å². The molecule has 0 fully saturated rings. The summed E-state index contributed by atoms with van der Waals surface area (Å²) in [4.78, 5) is 15.8. The monoisotopic (exact) mass is 262 g/mol. The quantitative estimate of drug-likeness (QED) is 0.836. The number of carbonyl (C=O) groups is 1. The molecule has 1 N–H and O–H groups in total. The molecule has 5 nitrogen and oxygen atoms in total. The van der Waals surface area contributed by atoms with Gasteiger partial charge in [-0.3, -0.25) is 9.48 Å². The third-order valence-electron chi connectivity index (χ3n) is 2.21. The number of thioether (sulfide) groups is 1. The van der Waals surface area contributed by atoms with Crippen molar-refractivity contribution in [2.24, 2.45) is 7.05 Å². The van der Waals surface area contributed by atoms with E-state index in [-0.39, 0.29) is 5.91 Å². The van der Waals surface area contributed by atoms with Crippen molar-refractivity contribution in [1.82, 2.24) is 14.8 Å². The lowest BCUT2D eigenvalue weighted by atomic mass is 10.4. The van der Waals surface area contributed by atoms with Crippen LogP contribution in [0.1, 0.15) is 6.42 Å². The molecule has 0 unspecified atom stereocenters. The zero-order valence-electron chi connectivity index (χ0n) is 10.0. The molecule has 0 saturated heterocycles. The first-order chi connectivity index (χ1) is 8.74. The minimum Gasteiger partial charge on any atom is -0.323 e. The van der Waals surface area contributed by atoms with Gasteiger partial charge in [-0.1, -0.05) is 6.07 Å². The van der Waals surface area contributed by atoms with Crippen molar-refractivity contribution in [1.29, 1.82) is 0 Å². The summed E-state index contributed by atoms with van der Waals surface area (Å²) in [7, 11) is 1.81. The van der Waals surface area contributed by atoms with E-state index in [0.717, 1.165) is 10.7 Å². The van der Waals surface area contributed by atoms with Gasteiger partial charge in [0.2, 0.25) is 5.91 Å². The van der Waals surface area contributed by atoms with E-state index < -0.39 is 0 Å². The highest BCUT2D eigenvalue weighted by molar-refractivity contribution is 7.99. The first-order valence-electron chi connectivity index (χ1n) is 5.56. The van der Waals surface area contributed by atoms with Gasteiger partial charge in [-0.05, 0) is 12.1 Å². The van der Waals surface area contributed by atoms with Crippen molar-refractivity contribution in [3.63, 3.8) is 0 Å². The molecule has 6 heteroatoms. The molecular formula is C12H14N4OS. The van der Waals surface area contributed by atoms with Gasteiger partial charge in [-0.2, -0.15) is 5.10 Å². The van der Waals surface area contributed by atoms with E-state index in [1.807, 2.05) is 25.2 Å². The Bertz CT molecular complexity index is 512. The second kappa shape index (κ2) is 6.20. The van der Waals surface area contributed by atoms with E-state index in [1.165, 1.54) is 0 Å². The van der Waals surface area contributed by atoms with Crippen molar-refractivity contribution in [3.8, 4) is 0 Å². The molecule has 0 spiro atoms. The first kappa shape index (κ1) is 12.6. The smallest absolute Gasteiger partial charge is 0.225 e. The van der Waals surface area contributed by atoms with Crippen molar-refractivity contribution in [2.45, 2.75) is 11.4 Å². The molecule has 0 aliphatic heterocycles. The number of nitrogens with zero attached hydrogens (tertiary/aromatic N) is 3. The molecule has 2 heterocycles. The molecule has 2 rings (SSSR count). The van der Waals surface area contributed by atoms with Crippen LogP contribution in [-0.2, 0) is 11.8 Å². The molecule has 0 aliphatic carbocycles. The predicted octanol–water partition coefficient (Wildman–Crippen LogP) is 1.94. The number of nitrogens with one attached hydrogen (secondary N) is 1. The van der Waals surface area contributed by atoms with E-state index in [0.29, 0.717) is 12.2 Å². The van der Waals surface area contributed by atoms with E-state index >= 15 is 0 Å². The fraction of sp³-hybridized carbons (Fsp3) is 0.250. The standard InChI is InChI=1S/C12H14N4OS/c1-16-9-10(8-14-16)15-11(17)5-7-18-12-4-2-3-6-13-12/h2-4,6,8-9H,5,7H2,1H3,(H,15,17). The van der Waals surface area contributed by atoms with Crippen LogP contribution in [0.4, 0.5) is 5.69 Å². The molecule has 2 aromatic rings. The van der Waals surface area contributed by atoms with Crippen LogP contribution >= 0.6 is 11.8 Å². The summed E-state index contributed by atoms with van der Waals surface area (Å²) in [5.41, 5.74) is 0.727. The van der Waals surface area contributed by atoms with Gasteiger partial charge < -0.3 is 5.32 Å². The van der Waals surface area contributed by atoms with Gasteiger partial charge in [0.15, 0.2) is 0 Å². The average molecular weight is 262 g/mol. The minimum atomic E-state index is -0.00793. The molecule has 0 aromatic carbocycles. The Balaban J connectivity index is 1.72. The average Bonchev–Trinajstić information content (AvgIpc) is 2.76. The number of rotatable bonds is 5. The predicted molar refractivity (Wildman–Crippen MR) is 71.4 cm³/mol. The van der Waals surface area contributed by atoms with E-state index in [1.54, 1.807) is 35.0 Å². The Hall–Kier alpha value is -1.82. The Morgan fingerprint density at radius 1 is 1.50 bits per heavy atom. The highest BCUT2D eigenvalue weighted by Crippen LogP contribution is 2.15. The second-order valence-electron chi connectivity index (χ2n) is 3.72. The molecule has 1 amide bonds. The van der Waals surface area contributed by atoms with Gasteiger partial charge in [-0.25, -0.2) is 4.98 Å². The third kappa shape index (κ3) is 3.89. The fourth-order valence-electron chi connectivity index (χ4n) is 1.39. The summed E-state index contributed by atoms with van der Waals surface area (Å²) in [6, 6.07) is 5.74. The van der Waals surface area contributed by atoms with E-state index in [4.69, 9.17) is 0 Å². The van der Waals surface area contributed by atoms with Crippen LogP contribution in [-0.4, -0.2) is 26.4 Å². The normalized spacial score (nSPS) is 10.3. The number of aromatic nitrogens is 3. The number of amides is 1. The second-order valence-corrected chi connectivity index (χ2v) is 4.83. The highest BCUT2D eigenvalue weighted by atomic mass is 32.2. The van der Waals surface area contributed by atoms with Gasteiger partial charge in [-0.15, -0.1) is 11.8 Å². The lowest BCUT2D eigenvalue weighted by molar-refractivity contribution is -0.115. The van der Waals surface area contributed by atoms with Gasteiger partial charge in [0.25, 0.3) is 0 Å². The molecule has 0 saturated carbocycles. The van der Waals surface area contributed by atoms with Crippen LogP contribution < -0.4 is 5.32 Å². The number of carbonyl (C=O) groups excluding carboxylic acids is 1. The summed E-state index contributed by atoms with van der Waals surface area (Å²) in [5.74, 6) is 0.703.